The van der Waals surface area contributed by atoms with Crippen LogP contribution in [0.2, 0.25) is 0 Å². The lowest BCUT2D eigenvalue weighted by atomic mass is 10.1. The SMILES string of the molecule is NC(N)=N/N=C\c1ccc(OCc2cccc3ccccc23)cc1. The lowest BCUT2D eigenvalue weighted by molar-refractivity contribution is 0.307. The first-order valence-electron chi connectivity index (χ1n) is 7.54. The second-order valence-electron chi connectivity index (χ2n) is 5.27. The van der Waals surface area contributed by atoms with E-state index in [0.717, 1.165) is 16.9 Å². The van der Waals surface area contributed by atoms with Crippen molar-refractivity contribution in [1.29, 1.82) is 0 Å². The monoisotopic (exact) mass is 318 g/mol. The summed E-state index contributed by atoms with van der Waals surface area (Å²) in [4.78, 5) is 0. The predicted molar refractivity (Wildman–Crippen MR) is 98.1 cm³/mol. The maximum Gasteiger partial charge on any atom is 0.211 e. The van der Waals surface area contributed by atoms with E-state index in [-0.39, 0.29) is 5.96 Å². The Kier molecular flexibility index (Phi) is 4.72. The lowest BCUT2D eigenvalue weighted by Gasteiger charge is -2.09. The zero-order chi connectivity index (χ0) is 16.8. The Morgan fingerprint density at radius 2 is 1.67 bits per heavy atom. The first kappa shape index (κ1) is 15.6. The lowest BCUT2D eigenvalue weighted by Crippen LogP contribution is -2.21. The first-order valence-corrected chi connectivity index (χ1v) is 7.54. The highest BCUT2D eigenvalue weighted by Gasteiger charge is 2.01. The second kappa shape index (κ2) is 7.28. The quantitative estimate of drug-likeness (QED) is 0.431. The molecule has 0 unspecified atom stereocenters. The van der Waals surface area contributed by atoms with Gasteiger partial charge in [0.2, 0.25) is 5.96 Å². The summed E-state index contributed by atoms with van der Waals surface area (Å²) in [5.74, 6) is 0.725. The van der Waals surface area contributed by atoms with Crippen LogP contribution in [0.15, 0.2) is 76.9 Å². The summed E-state index contributed by atoms with van der Waals surface area (Å²) in [6.45, 7) is 0.517. The third-order valence-corrected chi connectivity index (χ3v) is 3.53. The fourth-order valence-corrected chi connectivity index (χ4v) is 2.39. The summed E-state index contributed by atoms with van der Waals surface area (Å²) in [5.41, 5.74) is 12.5. The Labute approximate surface area is 140 Å². The summed E-state index contributed by atoms with van der Waals surface area (Å²) < 4.78 is 5.89. The minimum Gasteiger partial charge on any atom is -0.489 e. The number of hydrogen-bond acceptors (Lipinski definition) is 3. The average molecular weight is 318 g/mol. The zero-order valence-corrected chi connectivity index (χ0v) is 13.1. The summed E-state index contributed by atoms with van der Waals surface area (Å²) in [5, 5.41) is 9.75. The Balaban J connectivity index is 1.68. The van der Waals surface area contributed by atoms with Crippen LogP contribution in [-0.4, -0.2) is 12.2 Å². The minimum atomic E-state index is -0.0682. The molecule has 0 bridgehead atoms. The van der Waals surface area contributed by atoms with Crippen molar-refractivity contribution < 1.29 is 4.74 Å². The number of guanidine groups is 1. The Hall–Kier alpha value is -3.34. The van der Waals surface area contributed by atoms with Gasteiger partial charge in [0.1, 0.15) is 12.4 Å². The van der Waals surface area contributed by atoms with Gasteiger partial charge in [0.25, 0.3) is 0 Å². The van der Waals surface area contributed by atoms with Crippen molar-refractivity contribution in [2.75, 3.05) is 0 Å². The van der Waals surface area contributed by atoms with Crippen molar-refractivity contribution in [1.82, 2.24) is 0 Å². The number of nitrogens with zero attached hydrogens (tertiary/aromatic N) is 2. The molecule has 24 heavy (non-hydrogen) atoms. The van der Waals surface area contributed by atoms with E-state index in [2.05, 4.69) is 34.5 Å². The Bertz CT molecular complexity index is 876. The molecule has 0 fully saturated rings. The number of hydrogen-bond donors (Lipinski definition) is 2. The molecule has 0 atom stereocenters. The molecule has 0 heterocycles. The van der Waals surface area contributed by atoms with Crippen LogP contribution in [0.5, 0.6) is 5.75 Å². The fraction of sp³-hybridized carbons (Fsp3) is 0.0526. The molecule has 120 valence electrons. The largest absolute Gasteiger partial charge is 0.489 e. The molecule has 3 rings (SSSR count). The van der Waals surface area contributed by atoms with Gasteiger partial charge in [0.15, 0.2) is 0 Å². The number of ether oxygens (including phenoxy) is 1. The van der Waals surface area contributed by atoms with Gasteiger partial charge in [-0.25, -0.2) is 0 Å². The van der Waals surface area contributed by atoms with Crippen LogP contribution in [-0.2, 0) is 6.61 Å². The van der Waals surface area contributed by atoms with E-state index in [1.807, 2.05) is 42.5 Å². The molecular formula is C19H18N4O. The van der Waals surface area contributed by atoms with Gasteiger partial charge in [0.05, 0.1) is 6.21 Å². The van der Waals surface area contributed by atoms with Crippen molar-refractivity contribution in [2.45, 2.75) is 6.61 Å². The van der Waals surface area contributed by atoms with Crippen LogP contribution < -0.4 is 16.2 Å². The van der Waals surface area contributed by atoms with Crippen molar-refractivity contribution >= 4 is 22.9 Å². The molecule has 0 spiro atoms. The zero-order valence-electron chi connectivity index (χ0n) is 13.1. The average Bonchev–Trinajstić information content (AvgIpc) is 2.61. The van der Waals surface area contributed by atoms with Crippen molar-refractivity contribution in [3.8, 4) is 5.75 Å². The molecule has 0 aliphatic heterocycles. The van der Waals surface area contributed by atoms with Crippen molar-refractivity contribution in [3.63, 3.8) is 0 Å². The van der Waals surface area contributed by atoms with E-state index >= 15 is 0 Å². The summed E-state index contributed by atoms with van der Waals surface area (Å²) in [7, 11) is 0. The van der Waals surface area contributed by atoms with Crippen LogP contribution >= 0.6 is 0 Å². The number of nitrogens with two attached hydrogens (primary N) is 2. The van der Waals surface area contributed by atoms with Gasteiger partial charge >= 0.3 is 0 Å². The summed E-state index contributed by atoms with van der Waals surface area (Å²) in [6.07, 6.45) is 1.58. The molecule has 3 aromatic carbocycles. The van der Waals surface area contributed by atoms with Gasteiger partial charge in [-0.15, -0.1) is 5.10 Å². The molecule has 0 saturated heterocycles. The molecule has 3 aromatic rings. The van der Waals surface area contributed by atoms with Gasteiger partial charge in [0, 0.05) is 0 Å². The molecule has 5 nitrogen and oxygen atoms in total. The van der Waals surface area contributed by atoms with Gasteiger partial charge in [-0.3, -0.25) is 0 Å². The first-order chi connectivity index (χ1) is 11.7. The fourth-order valence-electron chi connectivity index (χ4n) is 2.39. The Morgan fingerprint density at radius 1 is 0.917 bits per heavy atom. The molecular weight excluding hydrogens is 300 g/mol. The van der Waals surface area contributed by atoms with E-state index in [0.29, 0.717) is 6.61 Å². The highest BCUT2D eigenvalue weighted by atomic mass is 16.5. The van der Waals surface area contributed by atoms with Crippen LogP contribution in [0.25, 0.3) is 10.8 Å². The molecule has 0 saturated carbocycles. The van der Waals surface area contributed by atoms with Crippen LogP contribution in [0.1, 0.15) is 11.1 Å². The molecule has 4 N–H and O–H groups in total. The van der Waals surface area contributed by atoms with Crippen LogP contribution in [0.4, 0.5) is 0 Å². The Morgan fingerprint density at radius 3 is 2.46 bits per heavy atom. The summed E-state index contributed by atoms with van der Waals surface area (Å²) >= 11 is 0. The summed E-state index contributed by atoms with van der Waals surface area (Å²) in [6, 6.07) is 22.1. The van der Waals surface area contributed by atoms with Gasteiger partial charge in [-0.05, 0) is 46.2 Å². The number of fused-ring (bicyclic) bond motifs is 1. The minimum absolute atomic E-state index is 0.0682. The van der Waals surface area contributed by atoms with E-state index in [1.54, 1.807) is 6.21 Å². The maximum atomic E-state index is 5.89. The van der Waals surface area contributed by atoms with Gasteiger partial charge < -0.3 is 16.2 Å². The van der Waals surface area contributed by atoms with E-state index in [9.17, 15) is 0 Å². The van der Waals surface area contributed by atoms with E-state index in [4.69, 9.17) is 16.2 Å². The third kappa shape index (κ3) is 3.89. The predicted octanol–water partition coefficient (Wildman–Crippen LogP) is 3.03. The third-order valence-electron chi connectivity index (χ3n) is 3.53. The molecule has 5 heteroatoms. The molecule has 0 amide bonds. The van der Waals surface area contributed by atoms with Crippen LogP contribution in [0.3, 0.4) is 0 Å². The molecule has 0 radical (unpaired) electrons. The van der Waals surface area contributed by atoms with E-state index in [1.165, 1.54) is 10.8 Å². The van der Waals surface area contributed by atoms with Gasteiger partial charge in [-0.2, -0.15) is 5.10 Å². The van der Waals surface area contributed by atoms with Gasteiger partial charge in [-0.1, -0.05) is 42.5 Å². The van der Waals surface area contributed by atoms with Crippen molar-refractivity contribution in [3.05, 3.63) is 77.9 Å². The topological polar surface area (TPSA) is 86.0 Å². The number of benzene rings is 3. The highest BCUT2D eigenvalue weighted by molar-refractivity contribution is 5.85. The standard InChI is InChI=1S/C19H18N4O/c20-19(21)23-22-12-14-8-10-17(11-9-14)24-13-16-6-3-5-15-4-1-2-7-18(15)16/h1-12H,13H2,(H4,20,21,23)/b22-12-. The maximum absolute atomic E-state index is 5.89. The second-order valence-corrected chi connectivity index (χ2v) is 5.27. The van der Waals surface area contributed by atoms with E-state index < -0.39 is 0 Å². The molecule has 0 aromatic heterocycles. The number of rotatable bonds is 5. The van der Waals surface area contributed by atoms with Crippen LogP contribution in [0, 0.1) is 0 Å². The normalized spacial score (nSPS) is 10.8. The smallest absolute Gasteiger partial charge is 0.211 e. The molecule has 0 aliphatic carbocycles. The van der Waals surface area contributed by atoms with Crippen molar-refractivity contribution in [2.24, 2.45) is 21.7 Å². The molecule has 0 aliphatic rings. The highest BCUT2D eigenvalue weighted by Crippen LogP contribution is 2.20.